The molecule has 0 saturated heterocycles. The van der Waals surface area contributed by atoms with Crippen LogP contribution in [0.2, 0.25) is 0 Å². The van der Waals surface area contributed by atoms with Gasteiger partial charge in [-0.25, -0.2) is 0 Å². The lowest BCUT2D eigenvalue weighted by Gasteiger charge is -2.47. The molecule has 15 aromatic carbocycles. The third-order valence-corrected chi connectivity index (χ3v) is 28.9. The lowest BCUT2D eigenvalue weighted by molar-refractivity contribution is 0.589. The van der Waals surface area contributed by atoms with Crippen molar-refractivity contribution < 1.29 is 11.0 Å². The van der Waals surface area contributed by atoms with Gasteiger partial charge in [-0.1, -0.05) is 383 Å². The zero-order valence-corrected chi connectivity index (χ0v) is 69.7. The molecule has 2 aliphatic heterocycles. The summed E-state index contributed by atoms with van der Waals surface area (Å²) in [6.45, 7) is 34.0. The predicted molar refractivity (Wildman–Crippen MR) is 499 cm³/mol. The van der Waals surface area contributed by atoms with Crippen LogP contribution in [0.5, 0.6) is 0 Å². The normalized spacial score (nSPS) is 14.1. The number of nitrogens with zero attached hydrogens (tertiary/aromatic N) is 3. The molecular formula is C110H102BN3Si. The van der Waals surface area contributed by atoms with Gasteiger partial charge in [-0.2, -0.15) is 0 Å². The van der Waals surface area contributed by atoms with Gasteiger partial charge in [0.05, 0.1) is 33.4 Å². The Morgan fingerprint density at radius 3 is 1.06 bits per heavy atom. The van der Waals surface area contributed by atoms with Gasteiger partial charge in [0.15, 0.2) is 8.07 Å². The van der Waals surface area contributed by atoms with Crippen molar-refractivity contribution in [2.24, 2.45) is 0 Å². The molecule has 0 spiro atoms. The Morgan fingerprint density at radius 2 is 0.635 bits per heavy atom. The topological polar surface area (TPSA) is 11.4 Å². The Hall–Kier alpha value is -12.0. The Kier molecular flexibility index (Phi) is 16.0. The van der Waals surface area contributed by atoms with Crippen LogP contribution in [0.3, 0.4) is 0 Å². The van der Waals surface area contributed by atoms with E-state index in [9.17, 15) is 11.0 Å². The van der Waals surface area contributed by atoms with Crippen LogP contribution in [0.4, 0.5) is 34.1 Å². The highest BCUT2D eigenvalue weighted by atomic mass is 28.3. The molecule has 5 heteroatoms. The van der Waals surface area contributed by atoms with Crippen molar-refractivity contribution >= 4 is 108 Å². The van der Waals surface area contributed by atoms with E-state index in [2.05, 4.69) is 405 Å². The fourth-order valence-corrected chi connectivity index (χ4v) is 22.7. The summed E-state index contributed by atoms with van der Waals surface area (Å²) in [4.78, 5) is 5.14. The molecule has 0 aliphatic carbocycles. The largest absolute Gasteiger partial charge is 0.310 e. The zero-order valence-electron chi connectivity index (χ0n) is 76.7. The molecule has 0 saturated carbocycles. The summed E-state index contributed by atoms with van der Waals surface area (Å²) in [7, 11) is -2.98. The summed E-state index contributed by atoms with van der Waals surface area (Å²) in [5, 5.41) is 5.14. The van der Waals surface area contributed by atoms with Crippen molar-refractivity contribution in [1.82, 2.24) is 4.57 Å². The van der Waals surface area contributed by atoms with E-state index in [-0.39, 0.29) is 55.6 Å². The number of hydrogen-bond donors (Lipinski definition) is 0. The first-order valence-corrected chi connectivity index (χ1v) is 42.6. The smallest absolute Gasteiger partial charge is 0.252 e. The molecule has 18 rings (SSSR count). The highest BCUT2D eigenvalue weighted by Gasteiger charge is 2.48. The summed E-state index contributed by atoms with van der Waals surface area (Å²) in [5.74, 6) is 0. The second-order valence-electron chi connectivity index (χ2n) is 36.7. The summed E-state index contributed by atoms with van der Waals surface area (Å²) in [5.41, 5.74) is 23.8. The number of hydrogen-bond acceptors (Lipinski definition) is 2. The molecule has 0 amide bonds. The second-order valence-corrected chi connectivity index (χ2v) is 40.5. The van der Waals surface area contributed by atoms with Gasteiger partial charge in [-0.3, -0.25) is 0 Å². The minimum Gasteiger partial charge on any atom is -0.310 e. The van der Waals surface area contributed by atoms with Crippen LogP contribution in [0.25, 0.3) is 83.1 Å². The van der Waals surface area contributed by atoms with Crippen LogP contribution in [0.15, 0.2) is 346 Å². The van der Waals surface area contributed by atoms with E-state index in [1.165, 1.54) is 37.4 Å². The van der Waals surface area contributed by atoms with Crippen LogP contribution in [-0.2, 0) is 27.1 Å². The number of para-hydroxylation sites is 2. The monoisotopic (exact) mass is 1510 g/mol. The van der Waals surface area contributed by atoms with Gasteiger partial charge in [0.1, 0.15) is 0 Å². The van der Waals surface area contributed by atoms with E-state index in [1.807, 2.05) is 6.07 Å². The first-order chi connectivity index (χ1) is 58.5. The maximum Gasteiger partial charge on any atom is 0.252 e. The maximum absolute atomic E-state index is 9.99. The molecule has 0 atom stereocenters. The standard InChI is InChI=1S/C110H102BN3Si/c1-106(2,3)79-43-35-41-77(63-79)93-68-82(109(10,11)12)69-94(78-42-36-44-80(64-78)107(4,5)6)105(93)113-99-62-57-76(73-55-59-88(60-56-73)115(85-45-25-18-26-46-85,86-47-27-19-28-48-86)87-49-29-20-30-50-87)65-96(99)111-95-61-58-84(112-97-53-33-31-51-89(97)90-52-32-34-54-98(90)112)72-100(95)114(102-71-83(110(13,14)15)70-101(113)103(102)111)104-91(74-37-21-16-22-38-74)66-81(108(7,8)9)67-92(104)75-39-23-17-24-40-75/h16-72H,1-15H3/i31D,32D,33D,34D,51D,52D,53D,54D. The molecule has 1 aromatic heterocycles. The van der Waals surface area contributed by atoms with Gasteiger partial charge >= 0.3 is 0 Å². The van der Waals surface area contributed by atoms with Crippen LogP contribution in [0.1, 0.15) is 143 Å². The van der Waals surface area contributed by atoms with E-state index in [1.54, 1.807) is 4.57 Å². The molecule has 115 heavy (non-hydrogen) atoms. The van der Waals surface area contributed by atoms with Crippen molar-refractivity contribution in [2.45, 2.75) is 131 Å². The van der Waals surface area contributed by atoms with Crippen LogP contribution in [-0.4, -0.2) is 19.4 Å². The van der Waals surface area contributed by atoms with Gasteiger partial charge < -0.3 is 14.4 Å². The molecule has 3 nitrogen and oxygen atoms in total. The quantitative estimate of drug-likeness (QED) is 0.0892. The molecule has 0 unspecified atom stereocenters. The van der Waals surface area contributed by atoms with Crippen LogP contribution >= 0.6 is 0 Å². The Bertz CT molecular complexity index is 6600. The SMILES string of the molecule is [2H]c1c([2H])c([2H])c2c(c1[2H])c1c([2H])c([2H])c([2H])c([2H])c1n2-c1ccc2c(c1)N(c1c(-c3ccccc3)cc(C(C)(C)C)cc1-c1ccccc1)c1cc(C(C)(C)C)cc3c1B2c1cc(-c2ccc([Si](c4ccccc4)(c4ccccc4)c4ccccc4)cc2)ccc1N3c1c(-c2cccc(C(C)(C)C)c2)cc(C(C)(C)C)cc1-c1cccc(C(C)(C)C)c1. The number of rotatable bonds is 12. The highest BCUT2D eigenvalue weighted by Crippen LogP contribution is 2.56. The van der Waals surface area contributed by atoms with Crippen molar-refractivity contribution in [3.8, 4) is 61.3 Å². The van der Waals surface area contributed by atoms with Gasteiger partial charge in [-0.05, 0) is 192 Å². The fraction of sp³-hybridized carbons (Fsp3) is 0.182. The van der Waals surface area contributed by atoms with Gasteiger partial charge in [-0.15, -0.1) is 0 Å². The number of benzene rings is 15. The summed E-state index contributed by atoms with van der Waals surface area (Å²) < 4.78 is 78.2. The van der Waals surface area contributed by atoms with Crippen molar-refractivity contribution in [1.29, 1.82) is 0 Å². The van der Waals surface area contributed by atoms with Crippen molar-refractivity contribution in [2.75, 3.05) is 9.80 Å². The Balaban J connectivity index is 1.03. The lowest BCUT2D eigenvalue weighted by Crippen LogP contribution is -2.74. The first kappa shape index (κ1) is 65.4. The van der Waals surface area contributed by atoms with Gasteiger partial charge in [0.2, 0.25) is 0 Å². The molecule has 0 fully saturated rings. The number of anilines is 6. The van der Waals surface area contributed by atoms with E-state index in [4.69, 9.17) is 0 Å². The molecule has 16 aromatic rings. The average Bonchev–Trinajstić information content (AvgIpc) is 1.01. The van der Waals surface area contributed by atoms with Crippen molar-refractivity contribution in [3.05, 3.63) is 373 Å². The molecule has 0 bridgehead atoms. The zero-order chi connectivity index (χ0) is 86.6. The number of aromatic nitrogens is 1. The minimum atomic E-state index is -2.98. The van der Waals surface area contributed by atoms with E-state index < -0.39 is 56.5 Å². The molecule has 0 N–H and O–H groups in total. The summed E-state index contributed by atoms with van der Waals surface area (Å²) >= 11 is 0. The second kappa shape index (κ2) is 28.2. The Morgan fingerprint density at radius 1 is 0.270 bits per heavy atom. The molecule has 2 aliphatic rings. The third-order valence-electron chi connectivity index (χ3n) is 24.1. The van der Waals surface area contributed by atoms with Crippen LogP contribution < -0.4 is 46.9 Å². The first-order valence-electron chi connectivity index (χ1n) is 44.6. The summed E-state index contributed by atoms with van der Waals surface area (Å²) in [6, 6.07) is 107. The molecular weight excluding hydrogens is 1400 g/mol. The molecule has 0 radical (unpaired) electrons. The molecule has 3 heterocycles. The van der Waals surface area contributed by atoms with Gasteiger partial charge in [0.25, 0.3) is 6.71 Å². The van der Waals surface area contributed by atoms with Gasteiger partial charge in [0, 0.05) is 61.5 Å². The Labute approximate surface area is 694 Å². The third kappa shape index (κ3) is 13.0. The molecule has 564 valence electrons. The van der Waals surface area contributed by atoms with Crippen molar-refractivity contribution in [3.63, 3.8) is 0 Å². The van der Waals surface area contributed by atoms with E-state index >= 15 is 0 Å². The number of fused-ring (bicyclic) bond motifs is 7. The predicted octanol–water partition coefficient (Wildman–Crippen LogP) is 25.1. The highest BCUT2D eigenvalue weighted by molar-refractivity contribution is 7.20. The average molecular weight is 1510 g/mol. The fourth-order valence-electron chi connectivity index (χ4n) is 17.9. The van der Waals surface area contributed by atoms with E-state index in [0.717, 1.165) is 117 Å². The van der Waals surface area contributed by atoms with Crippen LogP contribution in [0, 0.1) is 0 Å². The summed E-state index contributed by atoms with van der Waals surface area (Å²) in [6.07, 6.45) is 0. The maximum atomic E-state index is 9.99. The minimum absolute atomic E-state index is 0.0116. The lowest BCUT2D eigenvalue weighted by atomic mass is 9.33. The van der Waals surface area contributed by atoms with E-state index in [0.29, 0.717) is 5.69 Å².